The van der Waals surface area contributed by atoms with Crippen molar-refractivity contribution in [1.82, 2.24) is 0 Å². The molecule has 1 aromatic carbocycles. The molecule has 7 heteroatoms. The van der Waals surface area contributed by atoms with E-state index in [0.717, 1.165) is 35.3 Å². The van der Waals surface area contributed by atoms with Crippen LogP contribution in [0.5, 0.6) is 0 Å². The number of amides is 2. The molecule has 1 aliphatic carbocycles. The first-order chi connectivity index (χ1) is 12.8. The first-order valence-electron chi connectivity index (χ1n) is 8.83. The largest absolute Gasteiger partial charge is 0.452 e. The van der Waals surface area contributed by atoms with Gasteiger partial charge >= 0.3 is 5.97 Å². The van der Waals surface area contributed by atoms with Gasteiger partial charge in [0.25, 0.3) is 11.8 Å². The molecular weight excluding hydrogens is 364 g/mol. The van der Waals surface area contributed by atoms with Gasteiger partial charge in [0.05, 0.1) is 11.1 Å². The normalized spacial score (nSPS) is 15.7. The predicted molar refractivity (Wildman–Crippen MR) is 104 cm³/mol. The van der Waals surface area contributed by atoms with Crippen LogP contribution in [0.1, 0.15) is 50.1 Å². The van der Waals surface area contributed by atoms with Gasteiger partial charge in [0.15, 0.2) is 6.61 Å². The molecule has 0 fully saturated rings. The van der Waals surface area contributed by atoms with Crippen molar-refractivity contribution >= 4 is 34.1 Å². The van der Waals surface area contributed by atoms with Crippen LogP contribution >= 0.6 is 11.3 Å². The van der Waals surface area contributed by atoms with Gasteiger partial charge in [-0.05, 0) is 49.8 Å². The number of esters is 1. The van der Waals surface area contributed by atoms with Gasteiger partial charge in [-0.3, -0.25) is 9.59 Å². The fraction of sp³-hybridized carbons (Fsp3) is 0.350. The number of rotatable bonds is 5. The molecule has 0 saturated carbocycles. The topological polar surface area (TPSA) is 98.5 Å². The summed E-state index contributed by atoms with van der Waals surface area (Å²) < 4.78 is 5.06. The van der Waals surface area contributed by atoms with E-state index in [1.54, 1.807) is 24.3 Å². The predicted octanol–water partition coefficient (Wildman–Crippen LogP) is 3.08. The third-order valence-corrected chi connectivity index (χ3v) is 5.80. The van der Waals surface area contributed by atoms with E-state index >= 15 is 0 Å². The van der Waals surface area contributed by atoms with Crippen LogP contribution in [-0.4, -0.2) is 24.4 Å². The Morgan fingerprint density at radius 1 is 1.26 bits per heavy atom. The van der Waals surface area contributed by atoms with Crippen LogP contribution in [0.2, 0.25) is 0 Å². The van der Waals surface area contributed by atoms with Gasteiger partial charge in [-0.15, -0.1) is 11.3 Å². The minimum absolute atomic E-state index is 0.381. The Balaban J connectivity index is 1.66. The SMILES string of the molecule is Cc1ccc(C(=O)OCC(=O)Nc2sc3c(c2C(N)=O)CCC(C)C3)cc1. The maximum atomic E-state index is 12.2. The summed E-state index contributed by atoms with van der Waals surface area (Å²) in [5.41, 5.74) is 8.27. The van der Waals surface area contributed by atoms with Crippen molar-refractivity contribution in [3.05, 3.63) is 51.4 Å². The maximum Gasteiger partial charge on any atom is 0.338 e. The van der Waals surface area contributed by atoms with Crippen LogP contribution in [0.3, 0.4) is 0 Å². The van der Waals surface area contributed by atoms with Gasteiger partial charge in [0.2, 0.25) is 0 Å². The highest BCUT2D eigenvalue weighted by Crippen LogP contribution is 2.39. The van der Waals surface area contributed by atoms with E-state index in [1.165, 1.54) is 11.3 Å². The molecule has 0 radical (unpaired) electrons. The zero-order valence-corrected chi connectivity index (χ0v) is 16.2. The number of benzene rings is 1. The number of carbonyl (C=O) groups excluding carboxylic acids is 3. The van der Waals surface area contributed by atoms with Crippen molar-refractivity contribution in [2.24, 2.45) is 11.7 Å². The van der Waals surface area contributed by atoms with E-state index < -0.39 is 24.4 Å². The molecule has 0 spiro atoms. The maximum absolute atomic E-state index is 12.2. The van der Waals surface area contributed by atoms with Crippen molar-refractivity contribution in [2.45, 2.75) is 33.1 Å². The molecule has 142 valence electrons. The summed E-state index contributed by atoms with van der Waals surface area (Å²) in [4.78, 5) is 37.2. The highest BCUT2D eigenvalue weighted by molar-refractivity contribution is 7.17. The Morgan fingerprint density at radius 2 is 1.96 bits per heavy atom. The highest BCUT2D eigenvalue weighted by Gasteiger charge is 2.27. The van der Waals surface area contributed by atoms with E-state index in [0.29, 0.717) is 22.0 Å². The highest BCUT2D eigenvalue weighted by atomic mass is 32.1. The van der Waals surface area contributed by atoms with Crippen LogP contribution < -0.4 is 11.1 Å². The summed E-state index contributed by atoms with van der Waals surface area (Å²) in [6.45, 7) is 3.65. The van der Waals surface area contributed by atoms with E-state index in [-0.39, 0.29) is 0 Å². The van der Waals surface area contributed by atoms with Crippen molar-refractivity contribution in [1.29, 1.82) is 0 Å². The molecule has 27 heavy (non-hydrogen) atoms. The van der Waals surface area contributed by atoms with Gasteiger partial charge in [0.1, 0.15) is 5.00 Å². The molecular formula is C20H22N2O4S. The molecule has 0 saturated heterocycles. The summed E-state index contributed by atoms with van der Waals surface area (Å²) in [6.07, 6.45) is 2.65. The number of hydrogen-bond acceptors (Lipinski definition) is 5. The number of ether oxygens (including phenoxy) is 1. The van der Waals surface area contributed by atoms with Gasteiger partial charge in [-0.2, -0.15) is 0 Å². The molecule has 1 atom stereocenters. The number of thiophene rings is 1. The van der Waals surface area contributed by atoms with Crippen LogP contribution in [-0.2, 0) is 22.4 Å². The third kappa shape index (κ3) is 4.36. The third-order valence-electron chi connectivity index (χ3n) is 4.63. The average Bonchev–Trinajstić information content (AvgIpc) is 2.97. The smallest absolute Gasteiger partial charge is 0.338 e. The Morgan fingerprint density at radius 3 is 2.63 bits per heavy atom. The van der Waals surface area contributed by atoms with Crippen molar-refractivity contribution in [3.8, 4) is 0 Å². The lowest BCUT2D eigenvalue weighted by Gasteiger charge is -2.18. The van der Waals surface area contributed by atoms with Gasteiger partial charge in [-0.25, -0.2) is 4.79 Å². The lowest BCUT2D eigenvalue weighted by Crippen LogP contribution is -2.23. The Bertz CT molecular complexity index is 886. The van der Waals surface area contributed by atoms with E-state index in [9.17, 15) is 14.4 Å². The summed E-state index contributed by atoms with van der Waals surface area (Å²) in [5.74, 6) is -1.07. The molecule has 1 aliphatic rings. The minimum Gasteiger partial charge on any atom is -0.452 e. The number of aryl methyl sites for hydroxylation is 1. The standard InChI is InChI=1S/C20H22N2O4S/c1-11-3-6-13(7-4-11)20(25)26-10-16(23)22-19-17(18(21)24)14-8-5-12(2)9-15(14)27-19/h3-4,6-7,12H,5,8-10H2,1-2H3,(H2,21,24)(H,22,23). The van der Waals surface area contributed by atoms with E-state index in [1.807, 2.05) is 6.92 Å². The van der Waals surface area contributed by atoms with Gasteiger partial charge < -0.3 is 15.8 Å². The molecule has 3 rings (SSSR count). The minimum atomic E-state index is -0.570. The van der Waals surface area contributed by atoms with Gasteiger partial charge in [-0.1, -0.05) is 24.6 Å². The van der Waals surface area contributed by atoms with Crippen molar-refractivity contribution in [3.63, 3.8) is 0 Å². The zero-order valence-electron chi connectivity index (χ0n) is 15.3. The Labute approximate surface area is 161 Å². The van der Waals surface area contributed by atoms with E-state index in [2.05, 4.69) is 12.2 Å². The lowest BCUT2D eigenvalue weighted by molar-refractivity contribution is -0.119. The second kappa shape index (κ2) is 7.92. The average molecular weight is 386 g/mol. The fourth-order valence-corrected chi connectivity index (χ4v) is 4.60. The Kier molecular flexibility index (Phi) is 5.60. The fourth-order valence-electron chi connectivity index (χ4n) is 3.17. The summed E-state index contributed by atoms with van der Waals surface area (Å²) in [6, 6.07) is 6.89. The van der Waals surface area contributed by atoms with Gasteiger partial charge in [0, 0.05) is 4.88 Å². The second-order valence-electron chi connectivity index (χ2n) is 6.91. The number of fused-ring (bicyclic) bond motifs is 1. The number of nitrogens with one attached hydrogen (secondary N) is 1. The monoisotopic (exact) mass is 386 g/mol. The Hall–Kier alpha value is -2.67. The zero-order chi connectivity index (χ0) is 19.6. The molecule has 2 aromatic rings. The first-order valence-corrected chi connectivity index (χ1v) is 9.64. The molecule has 1 heterocycles. The van der Waals surface area contributed by atoms with E-state index in [4.69, 9.17) is 10.5 Å². The molecule has 2 amide bonds. The van der Waals surface area contributed by atoms with Crippen molar-refractivity contribution in [2.75, 3.05) is 11.9 Å². The number of primary amides is 1. The molecule has 0 aliphatic heterocycles. The number of nitrogens with two attached hydrogens (primary N) is 1. The quantitative estimate of drug-likeness (QED) is 0.772. The summed E-state index contributed by atoms with van der Waals surface area (Å²) in [5, 5.41) is 3.12. The number of carbonyl (C=O) groups is 3. The molecule has 0 bridgehead atoms. The molecule has 1 unspecified atom stereocenters. The molecule has 1 aromatic heterocycles. The summed E-state index contributed by atoms with van der Waals surface area (Å²) >= 11 is 1.38. The van der Waals surface area contributed by atoms with Crippen LogP contribution in [0.25, 0.3) is 0 Å². The first kappa shape index (κ1) is 19.1. The second-order valence-corrected chi connectivity index (χ2v) is 8.02. The van der Waals surface area contributed by atoms with Crippen LogP contribution in [0.4, 0.5) is 5.00 Å². The lowest BCUT2D eigenvalue weighted by atomic mass is 9.88. The van der Waals surface area contributed by atoms with Crippen LogP contribution in [0, 0.1) is 12.8 Å². The van der Waals surface area contributed by atoms with Crippen LogP contribution in [0.15, 0.2) is 24.3 Å². The molecule has 6 nitrogen and oxygen atoms in total. The number of hydrogen-bond donors (Lipinski definition) is 2. The molecule has 3 N–H and O–H groups in total. The van der Waals surface area contributed by atoms with Crippen molar-refractivity contribution < 1.29 is 19.1 Å². The number of anilines is 1. The summed E-state index contributed by atoms with van der Waals surface area (Å²) in [7, 11) is 0.